The third-order valence-corrected chi connectivity index (χ3v) is 6.44. The van der Waals surface area contributed by atoms with Crippen molar-refractivity contribution in [2.45, 2.75) is 32.6 Å². The predicted octanol–water partition coefficient (Wildman–Crippen LogP) is 6.00. The molecule has 0 saturated heterocycles. The number of aryl methyl sites for hydroxylation is 1. The average Bonchev–Trinajstić information content (AvgIpc) is 3.17. The highest BCUT2D eigenvalue weighted by molar-refractivity contribution is 7.16. The number of anilines is 1. The maximum absolute atomic E-state index is 12.9. The van der Waals surface area contributed by atoms with E-state index in [-0.39, 0.29) is 5.97 Å². The zero-order valence-electron chi connectivity index (χ0n) is 17.8. The second-order valence-corrected chi connectivity index (χ2v) is 8.35. The van der Waals surface area contributed by atoms with Crippen molar-refractivity contribution >= 4 is 33.8 Å². The van der Waals surface area contributed by atoms with Gasteiger partial charge in [0.15, 0.2) is 0 Å². The molecule has 1 aromatic heterocycles. The molecule has 6 heteroatoms. The van der Waals surface area contributed by atoms with Gasteiger partial charge in [0, 0.05) is 10.4 Å². The first-order chi connectivity index (χ1) is 15.2. The Morgan fingerprint density at radius 1 is 1.06 bits per heavy atom. The van der Waals surface area contributed by atoms with Gasteiger partial charge in [-0.2, -0.15) is 0 Å². The second-order valence-electron chi connectivity index (χ2n) is 7.26. The minimum absolute atomic E-state index is 0.287. The maximum atomic E-state index is 12.9. The van der Waals surface area contributed by atoms with Gasteiger partial charge in [-0.3, -0.25) is 0 Å². The SMILES string of the molecule is CCOC(=O)c1c(/N=C(/Nc2ccccc2OC)c2ccccc2)sc2c1CCCC2. The summed E-state index contributed by atoms with van der Waals surface area (Å²) in [6.45, 7) is 2.18. The third kappa shape index (κ3) is 4.64. The second kappa shape index (κ2) is 9.79. The number of hydrogen-bond acceptors (Lipinski definition) is 5. The molecule has 5 nitrogen and oxygen atoms in total. The monoisotopic (exact) mass is 434 g/mol. The molecule has 160 valence electrons. The molecule has 1 N–H and O–H groups in total. The number of ether oxygens (including phenoxy) is 2. The van der Waals surface area contributed by atoms with Gasteiger partial charge < -0.3 is 14.8 Å². The number of amidine groups is 1. The Balaban J connectivity index is 1.83. The summed E-state index contributed by atoms with van der Waals surface area (Å²) < 4.78 is 10.9. The number of carbonyl (C=O) groups excluding carboxylic acids is 1. The Kier molecular flexibility index (Phi) is 6.67. The van der Waals surface area contributed by atoms with Crippen molar-refractivity contribution in [1.82, 2.24) is 0 Å². The molecule has 31 heavy (non-hydrogen) atoms. The molecule has 0 fully saturated rings. The van der Waals surface area contributed by atoms with Crippen LogP contribution in [0.4, 0.5) is 10.7 Å². The predicted molar refractivity (Wildman–Crippen MR) is 126 cm³/mol. The van der Waals surface area contributed by atoms with Crippen LogP contribution in [0, 0.1) is 0 Å². The summed E-state index contributed by atoms with van der Waals surface area (Å²) in [6.07, 6.45) is 4.12. The van der Waals surface area contributed by atoms with Crippen LogP contribution < -0.4 is 10.1 Å². The normalized spacial score (nSPS) is 13.4. The molecule has 3 aromatic rings. The minimum atomic E-state index is -0.287. The van der Waals surface area contributed by atoms with Gasteiger partial charge in [0.2, 0.25) is 0 Å². The maximum Gasteiger partial charge on any atom is 0.341 e. The van der Waals surface area contributed by atoms with E-state index in [0.29, 0.717) is 23.0 Å². The fourth-order valence-corrected chi connectivity index (χ4v) is 5.03. The third-order valence-electron chi connectivity index (χ3n) is 5.25. The van der Waals surface area contributed by atoms with Crippen LogP contribution in [0.2, 0.25) is 0 Å². The van der Waals surface area contributed by atoms with E-state index in [1.807, 2.05) is 61.5 Å². The van der Waals surface area contributed by atoms with Crippen molar-refractivity contribution < 1.29 is 14.3 Å². The zero-order chi connectivity index (χ0) is 21.6. The summed E-state index contributed by atoms with van der Waals surface area (Å²) in [4.78, 5) is 19.1. The lowest BCUT2D eigenvalue weighted by Gasteiger charge is -2.14. The van der Waals surface area contributed by atoms with E-state index in [0.717, 1.165) is 48.2 Å². The van der Waals surface area contributed by atoms with Crippen LogP contribution in [0.3, 0.4) is 0 Å². The number of nitrogens with one attached hydrogen (secondary N) is 1. The van der Waals surface area contributed by atoms with Crippen LogP contribution >= 0.6 is 11.3 Å². The number of benzene rings is 2. The van der Waals surface area contributed by atoms with Gasteiger partial charge in [-0.05, 0) is 50.3 Å². The molecule has 0 aliphatic heterocycles. The average molecular weight is 435 g/mol. The summed E-state index contributed by atoms with van der Waals surface area (Å²) in [5.41, 5.74) is 3.47. The highest BCUT2D eigenvalue weighted by Crippen LogP contribution is 2.41. The lowest BCUT2D eigenvalue weighted by atomic mass is 9.95. The van der Waals surface area contributed by atoms with Crippen LogP contribution in [-0.2, 0) is 17.6 Å². The molecule has 1 heterocycles. The van der Waals surface area contributed by atoms with Crippen molar-refractivity contribution in [1.29, 1.82) is 0 Å². The molecular formula is C25H26N2O3S. The van der Waals surface area contributed by atoms with Gasteiger partial charge in [-0.25, -0.2) is 9.79 Å². The van der Waals surface area contributed by atoms with Crippen LogP contribution in [0.1, 0.15) is 46.1 Å². The van der Waals surface area contributed by atoms with Gasteiger partial charge in [0.25, 0.3) is 0 Å². The lowest BCUT2D eigenvalue weighted by Crippen LogP contribution is -2.14. The Bertz CT molecular complexity index is 1090. The molecule has 2 aromatic carbocycles. The molecule has 0 amide bonds. The summed E-state index contributed by atoms with van der Waals surface area (Å²) in [5.74, 6) is 1.10. The molecule has 1 aliphatic rings. The highest BCUT2D eigenvalue weighted by Gasteiger charge is 2.26. The Labute approximate surface area is 186 Å². The van der Waals surface area contributed by atoms with E-state index < -0.39 is 0 Å². The van der Waals surface area contributed by atoms with E-state index in [1.54, 1.807) is 18.4 Å². The number of methoxy groups -OCH3 is 1. The van der Waals surface area contributed by atoms with Gasteiger partial charge in [-0.1, -0.05) is 42.5 Å². The standard InChI is InChI=1S/C25H26N2O3S/c1-3-30-25(28)22-18-13-7-10-16-21(18)31-24(22)27-23(17-11-5-4-6-12-17)26-19-14-8-9-15-20(19)29-2/h4-6,8-9,11-12,14-15H,3,7,10,13,16H2,1-2H3,(H,26,27). The molecule has 1 aliphatic carbocycles. The molecule has 0 atom stereocenters. The van der Waals surface area contributed by atoms with E-state index in [2.05, 4.69) is 5.32 Å². The fourth-order valence-electron chi connectivity index (χ4n) is 3.78. The van der Waals surface area contributed by atoms with Crippen molar-refractivity contribution in [3.63, 3.8) is 0 Å². The first-order valence-electron chi connectivity index (χ1n) is 10.6. The van der Waals surface area contributed by atoms with E-state index in [4.69, 9.17) is 14.5 Å². The van der Waals surface area contributed by atoms with Crippen molar-refractivity contribution in [2.24, 2.45) is 4.99 Å². The van der Waals surface area contributed by atoms with Crippen LogP contribution in [-0.4, -0.2) is 25.5 Å². The Morgan fingerprint density at radius 3 is 2.58 bits per heavy atom. The van der Waals surface area contributed by atoms with Gasteiger partial charge in [0.1, 0.15) is 16.6 Å². The molecular weight excluding hydrogens is 408 g/mol. The summed E-state index contributed by atoms with van der Waals surface area (Å²) >= 11 is 1.60. The number of fused-ring (bicyclic) bond motifs is 1. The van der Waals surface area contributed by atoms with Crippen LogP contribution in [0.25, 0.3) is 0 Å². The summed E-state index contributed by atoms with van der Waals surface area (Å²) in [7, 11) is 1.64. The minimum Gasteiger partial charge on any atom is -0.495 e. The van der Waals surface area contributed by atoms with E-state index >= 15 is 0 Å². The molecule has 0 spiro atoms. The van der Waals surface area contributed by atoms with Gasteiger partial charge >= 0.3 is 5.97 Å². The first-order valence-corrected chi connectivity index (χ1v) is 11.4. The molecule has 0 saturated carbocycles. The molecule has 4 rings (SSSR count). The topological polar surface area (TPSA) is 59.9 Å². The van der Waals surface area contributed by atoms with Crippen LogP contribution in [0.15, 0.2) is 59.6 Å². The van der Waals surface area contributed by atoms with Gasteiger partial charge in [0.05, 0.1) is 25.0 Å². The fraction of sp³-hybridized carbons (Fsp3) is 0.280. The van der Waals surface area contributed by atoms with Gasteiger partial charge in [-0.15, -0.1) is 11.3 Å². The smallest absolute Gasteiger partial charge is 0.341 e. The summed E-state index contributed by atoms with van der Waals surface area (Å²) in [5, 5.41) is 4.12. The first kappa shape index (κ1) is 21.1. The lowest BCUT2D eigenvalue weighted by molar-refractivity contribution is 0.0526. The van der Waals surface area contributed by atoms with Crippen LogP contribution in [0.5, 0.6) is 5.75 Å². The van der Waals surface area contributed by atoms with Crippen molar-refractivity contribution in [3.8, 4) is 5.75 Å². The largest absolute Gasteiger partial charge is 0.495 e. The summed E-state index contributed by atoms with van der Waals surface area (Å²) in [6, 6.07) is 17.6. The number of rotatable bonds is 6. The quantitative estimate of drug-likeness (QED) is 0.294. The van der Waals surface area contributed by atoms with E-state index in [1.165, 1.54) is 4.88 Å². The number of para-hydroxylation sites is 2. The Hall–Kier alpha value is -3.12. The Morgan fingerprint density at radius 2 is 1.81 bits per heavy atom. The number of hydrogen-bond donors (Lipinski definition) is 1. The number of aliphatic imine (C=N–C) groups is 1. The number of nitrogens with zero attached hydrogens (tertiary/aromatic N) is 1. The van der Waals surface area contributed by atoms with Crippen molar-refractivity contribution in [2.75, 3.05) is 19.0 Å². The molecule has 0 bridgehead atoms. The van der Waals surface area contributed by atoms with Crippen molar-refractivity contribution in [3.05, 3.63) is 76.2 Å². The van der Waals surface area contributed by atoms with E-state index in [9.17, 15) is 4.79 Å². The number of carbonyl (C=O) groups is 1. The highest BCUT2D eigenvalue weighted by atomic mass is 32.1. The zero-order valence-corrected chi connectivity index (χ0v) is 18.6. The number of thiophene rings is 1. The molecule has 0 radical (unpaired) electrons. The molecule has 0 unspecified atom stereocenters. The number of esters is 1.